The van der Waals surface area contributed by atoms with Crippen LogP contribution < -0.4 is 25.0 Å². The Morgan fingerprint density at radius 1 is 1.06 bits per heavy atom. The fourth-order valence-corrected chi connectivity index (χ4v) is 3.88. The quantitative estimate of drug-likeness (QED) is 0.304. The largest absolute Gasteiger partial charge is 0.486 e. The third kappa shape index (κ3) is 7.10. The molecule has 1 atom stereocenters. The zero-order valence-corrected chi connectivity index (χ0v) is 21.8. The van der Waals surface area contributed by atoms with Gasteiger partial charge in [-0.05, 0) is 37.2 Å². The number of aromatic nitrogens is 1. The first-order valence-corrected chi connectivity index (χ1v) is 11.6. The lowest BCUT2D eigenvalue weighted by Gasteiger charge is -2.34. The molecule has 8 nitrogen and oxygen atoms in total. The Labute approximate surface area is 213 Å². The number of fused-ring (bicyclic) bond motifs is 1. The summed E-state index contributed by atoms with van der Waals surface area (Å²) >= 11 is 0. The highest BCUT2D eigenvalue weighted by molar-refractivity contribution is 14.0. The number of aliphatic imine (C=N–C) groups is 1. The van der Waals surface area contributed by atoms with E-state index in [-0.39, 0.29) is 30.1 Å². The normalized spacial score (nSPS) is 18.4. The second-order valence-corrected chi connectivity index (χ2v) is 8.02. The highest BCUT2D eigenvalue weighted by Gasteiger charge is 2.20. The molecule has 2 aliphatic rings. The van der Waals surface area contributed by atoms with Crippen LogP contribution in [-0.2, 0) is 6.54 Å². The highest BCUT2D eigenvalue weighted by atomic mass is 127. The predicted octanol–water partition coefficient (Wildman–Crippen LogP) is 2.74. The van der Waals surface area contributed by atoms with Crippen molar-refractivity contribution in [3.63, 3.8) is 0 Å². The molecule has 9 heteroatoms. The van der Waals surface area contributed by atoms with Crippen molar-refractivity contribution in [2.45, 2.75) is 26.5 Å². The molecule has 3 heterocycles. The Kier molecular flexibility index (Phi) is 9.86. The summed E-state index contributed by atoms with van der Waals surface area (Å²) in [4.78, 5) is 14.2. The molecule has 4 rings (SSSR count). The molecule has 2 aromatic rings. The first-order chi connectivity index (χ1) is 15.7. The number of likely N-dealkylation sites (N-methyl/N-ethyl adjacent to an activating group) is 1. The Morgan fingerprint density at radius 3 is 2.55 bits per heavy atom. The van der Waals surface area contributed by atoms with Crippen LogP contribution in [0.4, 0.5) is 5.82 Å². The predicted molar refractivity (Wildman–Crippen MR) is 143 cm³/mol. The molecule has 0 amide bonds. The number of nitrogens with zero attached hydrogens (tertiary/aromatic N) is 4. The molecule has 2 aliphatic heterocycles. The molecule has 0 bridgehead atoms. The summed E-state index contributed by atoms with van der Waals surface area (Å²) in [5, 5.41) is 6.66. The lowest BCUT2D eigenvalue weighted by molar-refractivity contribution is 0.0936. The highest BCUT2D eigenvalue weighted by Crippen LogP contribution is 2.30. The SMILES string of the molecule is CCNC(=NCc1ccc(N2CCN(CC)CC2)nc1)NCC1COc2ccccc2O1.I. The van der Waals surface area contributed by atoms with Crippen molar-refractivity contribution in [2.75, 3.05) is 57.3 Å². The molecule has 1 saturated heterocycles. The molecule has 0 saturated carbocycles. The van der Waals surface area contributed by atoms with Crippen LogP contribution in [0, 0.1) is 0 Å². The minimum Gasteiger partial charge on any atom is -0.486 e. The Balaban J connectivity index is 0.00000306. The van der Waals surface area contributed by atoms with Gasteiger partial charge in [0.1, 0.15) is 18.5 Å². The fourth-order valence-electron chi connectivity index (χ4n) is 3.88. The van der Waals surface area contributed by atoms with Gasteiger partial charge in [-0.1, -0.05) is 25.1 Å². The summed E-state index contributed by atoms with van der Waals surface area (Å²) in [5.74, 6) is 3.39. The molecular formula is C24H35IN6O2. The van der Waals surface area contributed by atoms with Gasteiger partial charge in [-0.2, -0.15) is 0 Å². The van der Waals surface area contributed by atoms with Crippen LogP contribution in [0.1, 0.15) is 19.4 Å². The summed E-state index contributed by atoms with van der Waals surface area (Å²) in [6.07, 6.45) is 1.87. The Hall–Kier alpha value is -2.27. The number of halogens is 1. The molecule has 0 radical (unpaired) electrons. The maximum atomic E-state index is 6.02. The molecule has 2 N–H and O–H groups in total. The van der Waals surface area contributed by atoms with Crippen molar-refractivity contribution in [1.29, 1.82) is 0 Å². The van der Waals surface area contributed by atoms with E-state index in [9.17, 15) is 0 Å². The molecular weight excluding hydrogens is 531 g/mol. The van der Waals surface area contributed by atoms with Gasteiger partial charge in [0.15, 0.2) is 17.5 Å². The van der Waals surface area contributed by atoms with E-state index < -0.39 is 0 Å². The van der Waals surface area contributed by atoms with Gasteiger partial charge in [-0.25, -0.2) is 9.98 Å². The van der Waals surface area contributed by atoms with Crippen molar-refractivity contribution in [3.8, 4) is 11.5 Å². The molecule has 1 aromatic carbocycles. The van der Waals surface area contributed by atoms with Gasteiger partial charge >= 0.3 is 0 Å². The van der Waals surface area contributed by atoms with Gasteiger partial charge in [0.25, 0.3) is 0 Å². The molecule has 0 aliphatic carbocycles. The number of anilines is 1. The second-order valence-electron chi connectivity index (χ2n) is 8.02. The number of hydrogen-bond acceptors (Lipinski definition) is 6. The first kappa shape index (κ1) is 25.4. The van der Waals surface area contributed by atoms with Crippen LogP contribution in [0.5, 0.6) is 11.5 Å². The van der Waals surface area contributed by atoms with Gasteiger partial charge in [0, 0.05) is 38.9 Å². The molecule has 0 spiro atoms. The van der Waals surface area contributed by atoms with E-state index >= 15 is 0 Å². The average Bonchev–Trinajstić information content (AvgIpc) is 2.86. The maximum absolute atomic E-state index is 6.02. The van der Waals surface area contributed by atoms with Gasteiger partial charge in [0.2, 0.25) is 0 Å². The maximum Gasteiger partial charge on any atom is 0.191 e. The first-order valence-electron chi connectivity index (χ1n) is 11.6. The van der Waals surface area contributed by atoms with E-state index in [1.165, 1.54) is 0 Å². The summed E-state index contributed by atoms with van der Waals surface area (Å²) < 4.78 is 11.8. The molecule has 180 valence electrons. The van der Waals surface area contributed by atoms with Gasteiger partial charge < -0.3 is 29.9 Å². The zero-order chi connectivity index (χ0) is 22.2. The van der Waals surface area contributed by atoms with Crippen LogP contribution >= 0.6 is 24.0 Å². The van der Waals surface area contributed by atoms with E-state index in [1.807, 2.05) is 30.5 Å². The number of nitrogens with one attached hydrogen (secondary N) is 2. The van der Waals surface area contributed by atoms with Crippen LogP contribution in [0.25, 0.3) is 0 Å². The van der Waals surface area contributed by atoms with Gasteiger partial charge in [-0.15, -0.1) is 24.0 Å². The molecule has 1 aromatic heterocycles. The van der Waals surface area contributed by atoms with E-state index in [0.717, 1.165) is 68.1 Å². The number of rotatable bonds is 7. The van der Waals surface area contributed by atoms with Crippen molar-refractivity contribution >= 4 is 35.8 Å². The monoisotopic (exact) mass is 566 g/mol. The number of pyridine rings is 1. The van der Waals surface area contributed by atoms with Crippen molar-refractivity contribution in [1.82, 2.24) is 20.5 Å². The van der Waals surface area contributed by atoms with Crippen LogP contribution in [0.3, 0.4) is 0 Å². The molecule has 33 heavy (non-hydrogen) atoms. The van der Waals surface area contributed by atoms with E-state index in [2.05, 4.69) is 51.4 Å². The van der Waals surface area contributed by atoms with Crippen LogP contribution in [-0.4, -0.2) is 74.4 Å². The molecule has 1 fully saturated rings. The van der Waals surface area contributed by atoms with Crippen LogP contribution in [0.15, 0.2) is 47.6 Å². The van der Waals surface area contributed by atoms with Crippen molar-refractivity contribution < 1.29 is 9.47 Å². The fraction of sp³-hybridized carbons (Fsp3) is 0.500. The summed E-state index contributed by atoms with van der Waals surface area (Å²) in [5.41, 5.74) is 1.09. The standard InChI is InChI=1S/C24H34N6O2.HI/c1-3-25-24(28-17-20-18-31-21-7-5-6-8-22(21)32-20)27-16-19-9-10-23(26-15-19)30-13-11-29(4-2)12-14-30;/h5-10,15,20H,3-4,11-14,16-18H2,1-2H3,(H2,25,27,28);1H. The number of ether oxygens (including phenoxy) is 2. The van der Waals surface area contributed by atoms with Crippen molar-refractivity contribution in [3.05, 3.63) is 48.2 Å². The van der Waals surface area contributed by atoms with E-state index in [1.54, 1.807) is 0 Å². The van der Waals surface area contributed by atoms with E-state index in [4.69, 9.17) is 14.5 Å². The van der Waals surface area contributed by atoms with Crippen LogP contribution in [0.2, 0.25) is 0 Å². The summed E-state index contributed by atoms with van der Waals surface area (Å²) in [7, 11) is 0. The number of hydrogen-bond donors (Lipinski definition) is 2. The summed E-state index contributed by atoms with van der Waals surface area (Å²) in [6.45, 7) is 12.1. The van der Waals surface area contributed by atoms with Gasteiger partial charge in [-0.3, -0.25) is 0 Å². The molecule has 1 unspecified atom stereocenters. The number of para-hydroxylation sites is 2. The number of guanidine groups is 1. The lowest BCUT2D eigenvalue weighted by Crippen LogP contribution is -2.46. The Morgan fingerprint density at radius 2 is 1.85 bits per heavy atom. The van der Waals surface area contributed by atoms with Crippen molar-refractivity contribution in [2.24, 2.45) is 4.99 Å². The number of piperazine rings is 1. The minimum absolute atomic E-state index is 0. The minimum atomic E-state index is -0.0668. The number of benzene rings is 1. The topological polar surface area (TPSA) is 74.3 Å². The Bertz CT molecular complexity index is 887. The zero-order valence-electron chi connectivity index (χ0n) is 19.5. The average molecular weight is 566 g/mol. The summed E-state index contributed by atoms with van der Waals surface area (Å²) in [6, 6.07) is 12.0. The lowest BCUT2D eigenvalue weighted by atomic mass is 10.2. The van der Waals surface area contributed by atoms with Gasteiger partial charge in [0.05, 0.1) is 13.1 Å². The second kappa shape index (κ2) is 12.8. The third-order valence-electron chi connectivity index (χ3n) is 5.78. The smallest absolute Gasteiger partial charge is 0.191 e. The van der Waals surface area contributed by atoms with E-state index in [0.29, 0.717) is 19.7 Å². The third-order valence-corrected chi connectivity index (χ3v) is 5.78.